The van der Waals surface area contributed by atoms with Crippen LogP contribution in [0.3, 0.4) is 0 Å². The molecule has 1 unspecified atom stereocenters. The monoisotopic (exact) mass is 224 g/mol. The molecule has 5 nitrogen and oxygen atoms in total. The minimum Gasteiger partial charge on any atom is -0.397 e. The molecule has 5 heteroatoms. The number of nitrogen functional groups attached to an aromatic ring is 1. The number of nitrogens with one attached hydrogen (secondary N) is 1. The molecule has 1 atom stereocenters. The Hall–Kier alpha value is -1.33. The predicted octanol–water partition coefficient (Wildman–Crippen LogP) is 0.388. The largest absolute Gasteiger partial charge is 0.397 e. The van der Waals surface area contributed by atoms with Gasteiger partial charge in [-0.05, 0) is 33.2 Å². The van der Waals surface area contributed by atoms with E-state index in [2.05, 4.69) is 10.3 Å². The summed E-state index contributed by atoms with van der Waals surface area (Å²) in [4.78, 5) is 6.04. The zero-order valence-electron chi connectivity index (χ0n) is 10.1. The normalized spacial score (nSPS) is 14.8. The standard InChI is InChI=1S/C11H20N4O/c1-11(16,8-15(2)3)7-14-10-5-4-9(12)6-13-10/h4-6,16H,7-8,12H2,1-3H3,(H,13,14). The average Bonchev–Trinajstić information content (AvgIpc) is 2.15. The van der Waals surface area contributed by atoms with Gasteiger partial charge >= 0.3 is 0 Å². The van der Waals surface area contributed by atoms with Crippen molar-refractivity contribution in [2.75, 3.05) is 38.2 Å². The van der Waals surface area contributed by atoms with Crippen LogP contribution in [0.1, 0.15) is 6.92 Å². The van der Waals surface area contributed by atoms with E-state index in [1.54, 1.807) is 25.3 Å². The lowest BCUT2D eigenvalue weighted by molar-refractivity contribution is 0.0459. The van der Waals surface area contributed by atoms with Crippen LogP contribution in [0.15, 0.2) is 18.3 Å². The lowest BCUT2D eigenvalue weighted by atomic mass is 10.1. The highest BCUT2D eigenvalue weighted by Crippen LogP contribution is 2.09. The minimum atomic E-state index is -0.785. The molecule has 0 aromatic carbocycles. The molecule has 16 heavy (non-hydrogen) atoms. The summed E-state index contributed by atoms with van der Waals surface area (Å²) in [6, 6.07) is 3.57. The number of hydrogen-bond acceptors (Lipinski definition) is 5. The summed E-state index contributed by atoms with van der Waals surface area (Å²) in [7, 11) is 3.85. The fourth-order valence-corrected chi connectivity index (χ4v) is 1.53. The van der Waals surface area contributed by atoms with Gasteiger partial charge in [-0.3, -0.25) is 0 Å². The lowest BCUT2D eigenvalue weighted by Crippen LogP contribution is -2.43. The van der Waals surface area contributed by atoms with Crippen LogP contribution in [0.4, 0.5) is 11.5 Å². The second-order valence-corrected chi connectivity index (χ2v) is 4.57. The molecule has 0 aliphatic rings. The van der Waals surface area contributed by atoms with Crippen LogP contribution >= 0.6 is 0 Å². The van der Waals surface area contributed by atoms with Crippen molar-refractivity contribution in [1.82, 2.24) is 9.88 Å². The number of pyridine rings is 1. The Kier molecular flexibility index (Phi) is 4.09. The second kappa shape index (κ2) is 5.14. The third kappa shape index (κ3) is 4.46. The average molecular weight is 224 g/mol. The number of hydrogen-bond donors (Lipinski definition) is 3. The lowest BCUT2D eigenvalue weighted by Gasteiger charge is -2.27. The van der Waals surface area contributed by atoms with Crippen LogP contribution in [-0.2, 0) is 0 Å². The van der Waals surface area contributed by atoms with Crippen molar-refractivity contribution in [3.63, 3.8) is 0 Å². The molecule has 1 aromatic heterocycles. The molecular formula is C11H20N4O. The smallest absolute Gasteiger partial charge is 0.126 e. The van der Waals surface area contributed by atoms with Gasteiger partial charge in [0.2, 0.25) is 0 Å². The molecule has 0 fully saturated rings. The van der Waals surface area contributed by atoms with E-state index in [-0.39, 0.29) is 0 Å². The van der Waals surface area contributed by atoms with Crippen LogP contribution in [0, 0.1) is 0 Å². The summed E-state index contributed by atoms with van der Waals surface area (Å²) in [5.41, 5.74) is 5.37. The Balaban J connectivity index is 2.47. The number of rotatable bonds is 5. The van der Waals surface area contributed by atoms with Crippen molar-refractivity contribution >= 4 is 11.5 Å². The Bertz CT molecular complexity index is 321. The van der Waals surface area contributed by atoms with E-state index < -0.39 is 5.60 Å². The van der Waals surface area contributed by atoms with Gasteiger partial charge in [-0.25, -0.2) is 4.98 Å². The maximum Gasteiger partial charge on any atom is 0.126 e. The molecule has 0 saturated heterocycles. The van der Waals surface area contributed by atoms with E-state index in [4.69, 9.17) is 5.73 Å². The summed E-state index contributed by atoms with van der Waals surface area (Å²) in [5.74, 6) is 0.716. The molecule has 0 aliphatic heterocycles. The zero-order valence-corrected chi connectivity index (χ0v) is 10.1. The van der Waals surface area contributed by atoms with Gasteiger partial charge in [0.15, 0.2) is 0 Å². The second-order valence-electron chi connectivity index (χ2n) is 4.57. The van der Waals surface area contributed by atoms with Crippen molar-refractivity contribution in [2.45, 2.75) is 12.5 Å². The van der Waals surface area contributed by atoms with Crippen LogP contribution < -0.4 is 11.1 Å². The molecule has 1 aromatic rings. The first-order valence-electron chi connectivity index (χ1n) is 5.21. The van der Waals surface area contributed by atoms with Crippen molar-refractivity contribution in [1.29, 1.82) is 0 Å². The first kappa shape index (κ1) is 12.7. The summed E-state index contributed by atoms with van der Waals surface area (Å²) in [6.07, 6.45) is 1.59. The first-order valence-corrected chi connectivity index (χ1v) is 5.21. The summed E-state index contributed by atoms with van der Waals surface area (Å²) in [6.45, 7) is 2.83. The summed E-state index contributed by atoms with van der Waals surface area (Å²) >= 11 is 0. The Morgan fingerprint density at radius 3 is 2.69 bits per heavy atom. The topological polar surface area (TPSA) is 74.4 Å². The van der Waals surface area contributed by atoms with Crippen molar-refractivity contribution in [2.24, 2.45) is 0 Å². The van der Waals surface area contributed by atoms with Crippen LogP contribution in [-0.4, -0.2) is 47.8 Å². The van der Waals surface area contributed by atoms with Gasteiger partial charge in [0, 0.05) is 13.1 Å². The van der Waals surface area contributed by atoms with Crippen LogP contribution in [0.5, 0.6) is 0 Å². The van der Waals surface area contributed by atoms with Crippen LogP contribution in [0.25, 0.3) is 0 Å². The first-order chi connectivity index (χ1) is 7.39. The van der Waals surface area contributed by atoms with Gasteiger partial charge in [-0.1, -0.05) is 0 Å². The zero-order chi connectivity index (χ0) is 12.2. The summed E-state index contributed by atoms with van der Waals surface area (Å²) < 4.78 is 0. The molecule has 90 valence electrons. The Morgan fingerprint density at radius 1 is 1.50 bits per heavy atom. The number of anilines is 2. The van der Waals surface area contributed by atoms with Crippen molar-refractivity contribution < 1.29 is 5.11 Å². The highest BCUT2D eigenvalue weighted by atomic mass is 16.3. The minimum absolute atomic E-state index is 0.447. The van der Waals surface area contributed by atoms with E-state index in [1.807, 2.05) is 19.0 Å². The fraction of sp³-hybridized carbons (Fsp3) is 0.545. The van der Waals surface area contributed by atoms with Gasteiger partial charge in [0.05, 0.1) is 17.5 Å². The number of aliphatic hydroxyl groups is 1. The molecule has 1 heterocycles. The van der Waals surface area contributed by atoms with Gasteiger partial charge in [0.1, 0.15) is 5.82 Å². The third-order valence-electron chi connectivity index (χ3n) is 2.09. The van der Waals surface area contributed by atoms with Crippen molar-refractivity contribution in [3.8, 4) is 0 Å². The van der Waals surface area contributed by atoms with Crippen LogP contribution in [0.2, 0.25) is 0 Å². The van der Waals surface area contributed by atoms with E-state index in [0.717, 1.165) is 0 Å². The van der Waals surface area contributed by atoms with Gasteiger partial charge in [-0.2, -0.15) is 0 Å². The quantitative estimate of drug-likeness (QED) is 0.674. The van der Waals surface area contributed by atoms with Gasteiger partial charge < -0.3 is 21.1 Å². The molecular weight excluding hydrogens is 204 g/mol. The highest BCUT2D eigenvalue weighted by Gasteiger charge is 2.20. The van der Waals surface area contributed by atoms with E-state index in [1.165, 1.54) is 0 Å². The molecule has 0 bridgehead atoms. The number of aromatic nitrogens is 1. The Morgan fingerprint density at radius 2 is 2.19 bits per heavy atom. The molecule has 4 N–H and O–H groups in total. The molecule has 0 aliphatic carbocycles. The number of likely N-dealkylation sites (N-methyl/N-ethyl adjacent to an activating group) is 1. The molecule has 0 radical (unpaired) electrons. The van der Waals surface area contributed by atoms with Gasteiger partial charge in [0.25, 0.3) is 0 Å². The predicted molar refractivity (Wildman–Crippen MR) is 66.3 cm³/mol. The third-order valence-corrected chi connectivity index (χ3v) is 2.09. The highest BCUT2D eigenvalue weighted by molar-refractivity contribution is 5.43. The molecule has 0 saturated carbocycles. The SMILES string of the molecule is CN(C)CC(C)(O)CNc1ccc(N)cn1. The molecule has 0 amide bonds. The van der Waals surface area contributed by atoms with E-state index in [9.17, 15) is 5.11 Å². The number of nitrogens with zero attached hydrogens (tertiary/aromatic N) is 2. The Labute approximate surface area is 96.3 Å². The number of nitrogens with two attached hydrogens (primary N) is 1. The summed E-state index contributed by atoms with van der Waals surface area (Å²) in [5, 5.41) is 13.1. The molecule has 0 spiro atoms. The molecule has 1 rings (SSSR count). The maximum atomic E-state index is 10.0. The van der Waals surface area contributed by atoms with Crippen molar-refractivity contribution in [3.05, 3.63) is 18.3 Å². The van der Waals surface area contributed by atoms with Gasteiger partial charge in [-0.15, -0.1) is 0 Å². The maximum absolute atomic E-state index is 10.0. The van der Waals surface area contributed by atoms with E-state index in [0.29, 0.717) is 24.6 Å². The fourth-order valence-electron chi connectivity index (χ4n) is 1.53. The van der Waals surface area contributed by atoms with E-state index >= 15 is 0 Å².